The minimum atomic E-state index is -0.309. The molecule has 15 heavy (non-hydrogen) atoms. The van der Waals surface area contributed by atoms with Crippen molar-refractivity contribution in [2.75, 3.05) is 13.2 Å². The van der Waals surface area contributed by atoms with Gasteiger partial charge in [0.2, 0.25) is 0 Å². The van der Waals surface area contributed by atoms with Crippen LogP contribution in [-0.2, 0) is 19.1 Å². The molecule has 0 amide bonds. The molecule has 0 aliphatic carbocycles. The van der Waals surface area contributed by atoms with Crippen molar-refractivity contribution >= 4 is 11.9 Å². The molecule has 0 aromatic heterocycles. The van der Waals surface area contributed by atoms with Gasteiger partial charge in [-0.1, -0.05) is 13.3 Å². The Morgan fingerprint density at radius 2 is 2.27 bits per heavy atom. The van der Waals surface area contributed by atoms with Crippen LogP contribution in [0.1, 0.15) is 33.1 Å². The summed E-state index contributed by atoms with van der Waals surface area (Å²) in [6.45, 7) is 4.67. The summed E-state index contributed by atoms with van der Waals surface area (Å²) in [5.74, 6) is -0.478. The lowest BCUT2D eigenvalue weighted by Gasteiger charge is -2.26. The average molecular weight is 214 g/mol. The van der Waals surface area contributed by atoms with E-state index in [4.69, 9.17) is 9.47 Å². The number of carbonyl (C=O) groups is 2. The highest BCUT2D eigenvalue weighted by atomic mass is 16.5. The van der Waals surface area contributed by atoms with Crippen molar-refractivity contribution in [1.29, 1.82) is 0 Å². The van der Waals surface area contributed by atoms with E-state index in [0.717, 1.165) is 12.8 Å². The zero-order valence-corrected chi connectivity index (χ0v) is 9.32. The second-order valence-electron chi connectivity index (χ2n) is 3.85. The molecule has 0 aromatic rings. The van der Waals surface area contributed by atoms with Crippen LogP contribution in [0.5, 0.6) is 0 Å². The van der Waals surface area contributed by atoms with E-state index in [1.165, 1.54) is 0 Å². The number of ether oxygens (including phenoxy) is 2. The van der Waals surface area contributed by atoms with Crippen LogP contribution in [0.2, 0.25) is 0 Å². The van der Waals surface area contributed by atoms with E-state index in [2.05, 4.69) is 6.92 Å². The largest absolute Gasteiger partial charge is 0.466 e. The molecule has 0 aromatic carbocycles. The van der Waals surface area contributed by atoms with Crippen LogP contribution in [0.3, 0.4) is 0 Å². The van der Waals surface area contributed by atoms with Gasteiger partial charge in [-0.15, -0.1) is 0 Å². The quantitative estimate of drug-likeness (QED) is 0.666. The van der Waals surface area contributed by atoms with Gasteiger partial charge in [0.15, 0.2) is 0 Å². The van der Waals surface area contributed by atoms with Gasteiger partial charge in [0.1, 0.15) is 0 Å². The summed E-state index contributed by atoms with van der Waals surface area (Å²) < 4.78 is 9.84. The normalized spacial score (nSPS) is 25.9. The Kier molecular flexibility index (Phi) is 4.59. The van der Waals surface area contributed by atoms with Gasteiger partial charge >= 0.3 is 11.9 Å². The molecule has 4 heteroatoms. The Balaban J connectivity index is 2.44. The molecule has 1 rings (SSSR count). The summed E-state index contributed by atoms with van der Waals surface area (Å²) >= 11 is 0. The Hall–Kier alpha value is -1.06. The van der Waals surface area contributed by atoms with Crippen molar-refractivity contribution in [3.8, 4) is 0 Å². The molecule has 0 saturated carbocycles. The van der Waals surface area contributed by atoms with Gasteiger partial charge < -0.3 is 9.47 Å². The van der Waals surface area contributed by atoms with Crippen LogP contribution in [0, 0.1) is 11.8 Å². The van der Waals surface area contributed by atoms with Gasteiger partial charge in [0, 0.05) is 0 Å². The molecule has 1 aliphatic heterocycles. The first kappa shape index (κ1) is 12.0. The lowest BCUT2D eigenvalue weighted by Crippen LogP contribution is -2.32. The minimum Gasteiger partial charge on any atom is -0.466 e. The number of esters is 2. The predicted octanol–water partition coefficient (Wildman–Crippen LogP) is 1.53. The fourth-order valence-electron chi connectivity index (χ4n) is 1.76. The summed E-state index contributed by atoms with van der Waals surface area (Å²) in [5, 5.41) is 0. The number of cyclic esters (lactones) is 1. The minimum absolute atomic E-state index is 0.156. The van der Waals surface area contributed by atoms with E-state index < -0.39 is 0 Å². The highest BCUT2D eigenvalue weighted by Gasteiger charge is 2.31. The van der Waals surface area contributed by atoms with E-state index in [9.17, 15) is 9.59 Å². The van der Waals surface area contributed by atoms with Crippen molar-refractivity contribution in [2.45, 2.75) is 33.1 Å². The molecule has 0 radical (unpaired) electrons. The van der Waals surface area contributed by atoms with Gasteiger partial charge in [-0.2, -0.15) is 0 Å². The third-order valence-corrected chi connectivity index (χ3v) is 2.71. The lowest BCUT2D eigenvalue weighted by molar-refractivity contribution is -0.161. The summed E-state index contributed by atoms with van der Waals surface area (Å²) in [5.41, 5.74) is 0. The second-order valence-corrected chi connectivity index (χ2v) is 3.85. The van der Waals surface area contributed by atoms with Gasteiger partial charge in [-0.3, -0.25) is 9.59 Å². The molecule has 0 bridgehead atoms. The number of carbonyl (C=O) groups excluding carboxylic acids is 2. The maximum Gasteiger partial charge on any atom is 0.309 e. The summed E-state index contributed by atoms with van der Waals surface area (Å²) in [6, 6.07) is 0. The summed E-state index contributed by atoms with van der Waals surface area (Å²) in [6.07, 6.45) is 1.88. The van der Waals surface area contributed by atoms with Crippen molar-refractivity contribution in [3.05, 3.63) is 0 Å². The maximum atomic E-state index is 11.4. The molecule has 0 N–H and O–H groups in total. The first-order valence-corrected chi connectivity index (χ1v) is 5.49. The van der Waals surface area contributed by atoms with Gasteiger partial charge in [0.25, 0.3) is 0 Å². The molecule has 0 spiro atoms. The fraction of sp³-hybridized carbons (Fsp3) is 0.818. The van der Waals surface area contributed by atoms with Crippen LogP contribution in [0.4, 0.5) is 0 Å². The van der Waals surface area contributed by atoms with E-state index >= 15 is 0 Å². The van der Waals surface area contributed by atoms with Gasteiger partial charge in [0.05, 0.1) is 25.6 Å². The van der Waals surface area contributed by atoms with Crippen LogP contribution >= 0.6 is 0 Å². The molecule has 86 valence electrons. The smallest absolute Gasteiger partial charge is 0.309 e. The first-order chi connectivity index (χ1) is 7.17. The Labute approximate surface area is 89.9 Å². The Bertz CT molecular complexity index is 237. The van der Waals surface area contributed by atoms with Crippen LogP contribution in [0.25, 0.3) is 0 Å². The van der Waals surface area contributed by atoms with Crippen molar-refractivity contribution < 1.29 is 19.1 Å². The van der Waals surface area contributed by atoms with Crippen LogP contribution in [0.15, 0.2) is 0 Å². The molecule has 0 unspecified atom stereocenters. The first-order valence-electron chi connectivity index (χ1n) is 5.49. The van der Waals surface area contributed by atoms with Crippen molar-refractivity contribution in [1.82, 2.24) is 0 Å². The average Bonchev–Trinajstić information content (AvgIpc) is 2.21. The molecular formula is C11H18O4. The summed E-state index contributed by atoms with van der Waals surface area (Å²) in [7, 11) is 0. The summed E-state index contributed by atoms with van der Waals surface area (Å²) in [4.78, 5) is 22.6. The SMILES string of the molecule is CCOC(=O)C[C@H]1C[C@H](CC)COC1=O. The number of hydrogen-bond donors (Lipinski definition) is 0. The Morgan fingerprint density at radius 1 is 1.53 bits per heavy atom. The Morgan fingerprint density at radius 3 is 2.87 bits per heavy atom. The highest BCUT2D eigenvalue weighted by molar-refractivity contribution is 5.80. The predicted molar refractivity (Wildman–Crippen MR) is 54.1 cm³/mol. The third kappa shape index (κ3) is 3.53. The molecule has 2 atom stereocenters. The zero-order valence-electron chi connectivity index (χ0n) is 9.32. The van der Waals surface area contributed by atoms with E-state index in [1.807, 2.05) is 0 Å². The number of rotatable bonds is 4. The fourth-order valence-corrected chi connectivity index (χ4v) is 1.76. The third-order valence-electron chi connectivity index (χ3n) is 2.71. The molecule has 1 aliphatic rings. The van der Waals surface area contributed by atoms with E-state index in [-0.39, 0.29) is 24.3 Å². The molecule has 1 saturated heterocycles. The molecule has 1 heterocycles. The topological polar surface area (TPSA) is 52.6 Å². The van der Waals surface area contributed by atoms with Crippen LogP contribution in [-0.4, -0.2) is 25.2 Å². The number of hydrogen-bond acceptors (Lipinski definition) is 4. The van der Waals surface area contributed by atoms with E-state index in [1.54, 1.807) is 6.92 Å². The highest BCUT2D eigenvalue weighted by Crippen LogP contribution is 2.25. The molecule has 4 nitrogen and oxygen atoms in total. The standard InChI is InChI=1S/C11H18O4/c1-3-8-5-9(11(13)15-7-8)6-10(12)14-4-2/h8-9H,3-7H2,1-2H3/t8-,9+/m0/s1. The lowest BCUT2D eigenvalue weighted by atomic mass is 9.89. The van der Waals surface area contributed by atoms with Crippen LogP contribution < -0.4 is 0 Å². The van der Waals surface area contributed by atoms with Crippen molar-refractivity contribution in [3.63, 3.8) is 0 Å². The molecule has 1 fully saturated rings. The maximum absolute atomic E-state index is 11.4. The second kappa shape index (κ2) is 5.73. The van der Waals surface area contributed by atoms with E-state index in [0.29, 0.717) is 19.1 Å². The van der Waals surface area contributed by atoms with Crippen molar-refractivity contribution in [2.24, 2.45) is 11.8 Å². The molecular weight excluding hydrogens is 196 g/mol. The monoisotopic (exact) mass is 214 g/mol. The zero-order chi connectivity index (χ0) is 11.3. The van der Waals surface area contributed by atoms with Gasteiger partial charge in [-0.25, -0.2) is 0 Å². The van der Waals surface area contributed by atoms with Gasteiger partial charge in [-0.05, 0) is 19.3 Å².